The van der Waals surface area contributed by atoms with Gasteiger partial charge < -0.3 is 10.2 Å². The zero-order valence-corrected chi connectivity index (χ0v) is 21.8. The predicted octanol–water partition coefficient (Wildman–Crippen LogP) is 3.58. The fourth-order valence-electron chi connectivity index (χ4n) is 4.89. The minimum Gasteiger partial charge on any atom is -0.329 e. The zero-order valence-electron chi connectivity index (χ0n) is 21.8. The Morgan fingerprint density at radius 2 is 1.82 bits per heavy atom. The normalized spacial score (nSPS) is 17.1. The molecule has 1 aliphatic rings. The highest BCUT2D eigenvalue weighted by atomic mass is 16.2. The summed E-state index contributed by atoms with van der Waals surface area (Å²) in [4.78, 5) is 53.5. The van der Waals surface area contributed by atoms with E-state index in [0.717, 1.165) is 16.7 Å². The molecule has 10 heteroatoms. The van der Waals surface area contributed by atoms with Crippen molar-refractivity contribution in [2.75, 3.05) is 11.9 Å². The van der Waals surface area contributed by atoms with E-state index in [2.05, 4.69) is 25.4 Å². The Morgan fingerprint density at radius 3 is 2.53 bits per heavy atom. The summed E-state index contributed by atoms with van der Waals surface area (Å²) in [6, 6.07) is 8.68. The number of amides is 2. The number of fused-ring (bicyclic) bond motifs is 1. The van der Waals surface area contributed by atoms with Gasteiger partial charge in [-0.15, -0.1) is 0 Å². The number of rotatable bonds is 6. The third-order valence-electron chi connectivity index (χ3n) is 6.87. The smallest absolute Gasteiger partial charge is 0.248 e. The summed E-state index contributed by atoms with van der Waals surface area (Å²) in [7, 11) is 0. The van der Waals surface area contributed by atoms with E-state index in [1.54, 1.807) is 34.2 Å². The lowest BCUT2D eigenvalue weighted by molar-refractivity contribution is -0.137. The number of nitrogens with zero attached hydrogens (tertiary/aromatic N) is 6. The van der Waals surface area contributed by atoms with Crippen LogP contribution in [0.5, 0.6) is 0 Å². The van der Waals surface area contributed by atoms with Crippen LogP contribution in [0.1, 0.15) is 42.1 Å². The highest BCUT2D eigenvalue weighted by Crippen LogP contribution is 2.28. The number of carbonyl (C=O) groups excluding carboxylic acids is 3. The van der Waals surface area contributed by atoms with E-state index in [-0.39, 0.29) is 35.8 Å². The first-order valence-electron chi connectivity index (χ1n) is 12.5. The first kappa shape index (κ1) is 25.2. The molecule has 0 bridgehead atoms. The van der Waals surface area contributed by atoms with E-state index in [1.165, 1.54) is 6.92 Å². The molecule has 1 fully saturated rings. The van der Waals surface area contributed by atoms with Crippen molar-refractivity contribution in [3.8, 4) is 11.1 Å². The summed E-state index contributed by atoms with van der Waals surface area (Å²) in [6.45, 7) is 7.54. The number of benzene rings is 1. The lowest BCUT2D eigenvalue weighted by Gasteiger charge is -2.24. The third-order valence-corrected chi connectivity index (χ3v) is 6.87. The maximum Gasteiger partial charge on any atom is 0.248 e. The largest absolute Gasteiger partial charge is 0.329 e. The van der Waals surface area contributed by atoms with Gasteiger partial charge in [-0.3, -0.25) is 19.1 Å². The van der Waals surface area contributed by atoms with Gasteiger partial charge in [0, 0.05) is 43.0 Å². The van der Waals surface area contributed by atoms with Crippen molar-refractivity contribution in [3.05, 3.63) is 66.0 Å². The van der Waals surface area contributed by atoms with Crippen molar-refractivity contribution in [3.63, 3.8) is 0 Å². The molecule has 1 N–H and O–H groups in total. The highest BCUT2D eigenvalue weighted by molar-refractivity contribution is 6.06. The van der Waals surface area contributed by atoms with Crippen LogP contribution >= 0.6 is 0 Å². The molecular weight excluding hydrogens is 482 g/mol. The Kier molecular flexibility index (Phi) is 6.71. The van der Waals surface area contributed by atoms with Gasteiger partial charge in [0.15, 0.2) is 5.78 Å². The van der Waals surface area contributed by atoms with Crippen LogP contribution in [-0.4, -0.2) is 59.8 Å². The van der Waals surface area contributed by atoms with Crippen molar-refractivity contribution >= 4 is 34.3 Å². The summed E-state index contributed by atoms with van der Waals surface area (Å²) in [5, 5.41) is 8.02. The molecule has 4 aromatic rings. The number of anilines is 1. The molecule has 0 saturated carbocycles. The Hall–Kier alpha value is -4.47. The lowest BCUT2D eigenvalue weighted by atomic mass is 10.0. The molecule has 1 aliphatic heterocycles. The standard InChI is InChI=1S/C28H29N7O3/c1-16-10-24(28(38)32-27-17(2)6-5-9-29-27)34(14-16)25(37)15-35-23-8-7-20(21-12-30-19(4)31-13-21)11-22(23)26(33-35)18(3)36/h5-9,11-13,16,24H,10,14-15H2,1-4H3,(H,29,32,38)/t16-,24+/m1/s1. The molecule has 38 heavy (non-hydrogen) atoms. The molecule has 10 nitrogen and oxygen atoms in total. The van der Waals surface area contributed by atoms with Crippen LogP contribution in [0, 0.1) is 19.8 Å². The van der Waals surface area contributed by atoms with Crippen LogP contribution in [0.25, 0.3) is 22.0 Å². The number of Topliss-reactive ketones (excluding diaryl/α,β-unsaturated/α-hetero) is 1. The summed E-state index contributed by atoms with van der Waals surface area (Å²) in [6.07, 6.45) is 5.65. The number of carbonyl (C=O) groups is 3. The number of aromatic nitrogens is 5. The van der Waals surface area contributed by atoms with E-state index in [1.807, 2.05) is 45.0 Å². The van der Waals surface area contributed by atoms with Crippen LogP contribution in [-0.2, 0) is 16.1 Å². The molecule has 3 aromatic heterocycles. The van der Waals surface area contributed by atoms with Crippen molar-refractivity contribution in [2.24, 2.45) is 5.92 Å². The van der Waals surface area contributed by atoms with Gasteiger partial charge in [-0.25, -0.2) is 15.0 Å². The Balaban J connectivity index is 1.41. The molecule has 0 radical (unpaired) electrons. The Morgan fingerprint density at radius 1 is 1.05 bits per heavy atom. The number of ketones is 1. The van der Waals surface area contributed by atoms with Gasteiger partial charge >= 0.3 is 0 Å². The van der Waals surface area contributed by atoms with Gasteiger partial charge in [-0.2, -0.15) is 5.10 Å². The van der Waals surface area contributed by atoms with E-state index in [4.69, 9.17) is 0 Å². The number of hydrogen-bond acceptors (Lipinski definition) is 7. The Bertz CT molecular complexity index is 1540. The molecule has 1 aromatic carbocycles. The first-order valence-corrected chi connectivity index (χ1v) is 12.5. The minimum atomic E-state index is -0.610. The topological polar surface area (TPSA) is 123 Å². The van der Waals surface area contributed by atoms with E-state index in [0.29, 0.717) is 35.5 Å². The van der Waals surface area contributed by atoms with Crippen molar-refractivity contribution in [1.82, 2.24) is 29.6 Å². The van der Waals surface area contributed by atoms with Gasteiger partial charge in [0.05, 0.1) is 5.52 Å². The van der Waals surface area contributed by atoms with Crippen LogP contribution in [0.3, 0.4) is 0 Å². The molecule has 2 amide bonds. The lowest BCUT2D eigenvalue weighted by Crippen LogP contribution is -2.44. The van der Waals surface area contributed by atoms with Gasteiger partial charge in [0.1, 0.15) is 29.9 Å². The molecule has 1 saturated heterocycles. The van der Waals surface area contributed by atoms with Crippen LogP contribution in [0.2, 0.25) is 0 Å². The number of nitrogens with one attached hydrogen (secondary N) is 1. The summed E-state index contributed by atoms with van der Waals surface area (Å²) in [5.41, 5.74) is 3.47. The highest BCUT2D eigenvalue weighted by Gasteiger charge is 2.38. The SMILES string of the molecule is CC(=O)c1nn(CC(=O)N2C[C@H](C)C[C@H]2C(=O)Nc2ncccc2C)c2ccc(-c3cnc(C)nc3)cc12. The maximum absolute atomic E-state index is 13.5. The number of pyridine rings is 1. The average molecular weight is 512 g/mol. The monoisotopic (exact) mass is 511 g/mol. The predicted molar refractivity (Wildman–Crippen MR) is 142 cm³/mol. The molecule has 2 atom stereocenters. The zero-order chi connectivity index (χ0) is 27.0. The summed E-state index contributed by atoms with van der Waals surface area (Å²) < 4.78 is 1.55. The van der Waals surface area contributed by atoms with Crippen molar-refractivity contribution in [2.45, 2.75) is 46.7 Å². The van der Waals surface area contributed by atoms with Crippen LogP contribution in [0.15, 0.2) is 48.9 Å². The second-order valence-corrected chi connectivity index (χ2v) is 9.87. The van der Waals surface area contributed by atoms with E-state index in [9.17, 15) is 14.4 Å². The molecule has 5 rings (SSSR count). The van der Waals surface area contributed by atoms with Crippen molar-refractivity contribution in [1.29, 1.82) is 0 Å². The van der Waals surface area contributed by atoms with Gasteiger partial charge in [0.2, 0.25) is 11.8 Å². The average Bonchev–Trinajstić information content (AvgIpc) is 3.46. The molecular formula is C28H29N7O3. The number of aryl methyl sites for hydroxylation is 2. The molecule has 194 valence electrons. The van der Waals surface area contributed by atoms with Gasteiger partial charge in [0.25, 0.3) is 0 Å². The quantitative estimate of drug-likeness (QED) is 0.393. The number of hydrogen-bond donors (Lipinski definition) is 1. The number of likely N-dealkylation sites (tertiary alicyclic amines) is 1. The minimum absolute atomic E-state index is 0.0874. The van der Waals surface area contributed by atoms with Gasteiger partial charge in [-0.1, -0.05) is 19.1 Å². The Labute approximate surface area is 220 Å². The van der Waals surface area contributed by atoms with Crippen LogP contribution in [0.4, 0.5) is 5.82 Å². The second-order valence-electron chi connectivity index (χ2n) is 9.87. The summed E-state index contributed by atoms with van der Waals surface area (Å²) in [5.74, 6) is 0.636. The third kappa shape index (κ3) is 4.89. The molecule has 0 spiro atoms. The van der Waals surface area contributed by atoms with E-state index >= 15 is 0 Å². The molecule has 0 unspecified atom stereocenters. The summed E-state index contributed by atoms with van der Waals surface area (Å²) >= 11 is 0. The van der Waals surface area contributed by atoms with Crippen molar-refractivity contribution < 1.29 is 14.4 Å². The fourth-order valence-corrected chi connectivity index (χ4v) is 4.89. The van der Waals surface area contributed by atoms with Crippen LogP contribution < -0.4 is 5.32 Å². The molecule has 0 aliphatic carbocycles. The second kappa shape index (κ2) is 10.1. The first-order chi connectivity index (χ1) is 18.2. The molecule has 4 heterocycles. The van der Waals surface area contributed by atoms with Gasteiger partial charge in [-0.05, 0) is 55.5 Å². The fraction of sp³-hybridized carbons (Fsp3) is 0.321. The van der Waals surface area contributed by atoms with E-state index < -0.39 is 6.04 Å². The maximum atomic E-state index is 13.5.